The van der Waals surface area contributed by atoms with Gasteiger partial charge in [-0.05, 0) is 0 Å². The summed E-state index contributed by atoms with van der Waals surface area (Å²) in [5, 5.41) is 12.3. The van der Waals surface area contributed by atoms with Crippen molar-refractivity contribution in [1.82, 2.24) is 25.0 Å². The van der Waals surface area contributed by atoms with Crippen molar-refractivity contribution in [1.29, 1.82) is 0 Å². The molecule has 68 valence electrons. The number of aromatic nitrogens is 5. The van der Waals surface area contributed by atoms with Crippen LogP contribution in [0.4, 0.5) is 0 Å². The van der Waals surface area contributed by atoms with E-state index in [9.17, 15) is 4.79 Å². The Kier molecular flexibility index (Phi) is 1.71. The van der Waals surface area contributed by atoms with Crippen molar-refractivity contribution in [3.63, 3.8) is 0 Å². The maximum Gasteiger partial charge on any atom is 0.348 e. The number of nitrogens with one attached hydrogen (secondary N) is 2. The molecule has 2 heterocycles. The zero-order valence-electron chi connectivity index (χ0n) is 6.69. The fourth-order valence-electron chi connectivity index (χ4n) is 1.07. The summed E-state index contributed by atoms with van der Waals surface area (Å²) in [5.74, 6) is 0.557. The van der Waals surface area contributed by atoms with E-state index in [2.05, 4.69) is 20.4 Å². The van der Waals surface area contributed by atoms with Gasteiger partial charge in [0.2, 0.25) is 0 Å². The number of H-pyrrole nitrogens is 2. The first-order chi connectivity index (χ1) is 6.33. The number of nitrogens with zero attached hydrogens (tertiary/aromatic N) is 3. The first-order valence-corrected chi connectivity index (χ1v) is 3.67. The minimum Gasteiger partial charge on any atom is -0.326 e. The molecule has 0 atom stereocenters. The third kappa shape index (κ3) is 1.14. The molecule has 0 radical (unpaired) electrons. The van der Waals surface area contributed by atoms with Crippen molar-refractivity contribution >= 4 is 0 Å². The van der Waals surface area contributed by atoms with E-state index in [-0.39, 0.29) is 5.69 Å². The maximum atomic E-state index is 11.1. The summed E-state index contributed by atoms with van der Waals surface area (Å²) >= 11 is 0. The van der Waals surface area contributed by atoms with Gasteiger partial charge in [-0.25, -0.2) is 14.5 Å². The molecule has 0 unspecified atom stereocenters. The lowest BCUT2D eigenvalue weighted by atomic mass is 10.3. The maximum absolute atomic E-state index is 11.1. The number of aromatic amines is 2. The number of hydrogen-bond acceptors (Lipinski definition) is 4. The highest BCUT2D eigenvalue weighted by Crippen LogP contribution is 2.05. The van der Waals surface area contributed by atoms with Crippen LogP contribution in [0.1, 0.15) is 5.56 Å². The van der Waals surface area contributed by atoms with Crippen LogP contribution in [0.15, 0.2) is 17.3 Å². The largest absolute Gasteiger partial charge is 0.348 e. The van der Waals surface area contributed by atoms with Gasteiger partial charge < -0.3 is 5.73 Å². The quantitative estimate of drug-likeness (QED) is 0.536. The lowest BCUT2D eigenvalue weighted by Gasteiger charge is -1.97. The molecule has 0 aliphatic carbocycles. The molecule has 0 saturated heterocycles. The zero-order valence-corrected chi connectivity index (χ0v) is 6.69. The summed E-state index contributed by atoms with van der Waals surface area (Å²) in [6, 6.07) is 0. The van der Waals surface area contributed by atoms with E-state index < -0.39 is 0 Å². The Morgan fingerprint density at radius 3 is 2.92 bits per heavy atom. The second-order valence-electron chi connectivity index (χ2n) is 2.48. The predicted octanol–water partition coefficient (Wildman–Crippen LogP) is -1.26. The van der Waals surface area contributed by atoms with Crippen molar-refractivity contribution in [2.45, 2.75) is 6.54 Å². The van der Waals surface area contributed by atoms with Crippen molar-refractivity contribution in [2.75, 3.05) is 0 Å². The first-order valence-electron chi connectivity index (χ1n) is 3.67. The van der Waals surface area contributed by atoms with Crippen LogP contribution in [0.25, 0.3) is 5.82 Å². The van der Waals surface area contributed by atoms with Crippen molar-refractivity contribution in [3.8, 4) is 5.82 Å². The van der Waals surface area contributed by atoms with Crippen LogP contribution in [0.2, 0.25) is 0 Å². The van der Waals surface area contributed by atoms with Crippen LogP contribution in [-0.2, 0) is 6.54 Å². The van der Waals surface area contributed by atoms with E-state index in [1.165, 1.54) is 10.9 Å². The normalized spacial score (nSPS) is 10.5. The molecule has 4 N–H and O–H groups in total. The standard InChI is InChI=1S/C6H8N6O/c7-1-4-2-8-10-5(4)12-3-9-11-6(12)13/h2-3H,1,7H2,(H,8,10)(H,11,13). The van der Waals surface area contributed by atoms with Gasteiger partial charge in [0, 0.05) is 12.1 Å². The summed E-state index contributed by atoms with van der Waals surface area (Å²) in [7, 11) is 0. The van der Waals surface area contributed by atoms with Crippen LogP contribution in [0, 0.1) is 0 Å². The van der Waals surface area contributed by atoms with Crippen molar-refractivity contribution < 1.29 is 0 Å². The molecule has 7 nitrogen and oxygen atoms in total. The molecule has 13 heavy (non-hydrogen) atoms. The van der Waals surface area contributed by atoms with Gasteiger partial charge in [-0.1, -0.05) is 0 Å². The smallest absolute Gasteiger partial charge is 0.326 e. The molecular formula is C6H8N6O. The lowest BCUT2D eigenvalue weighted by molar-refractivity contribution is 0.899. The van der Waals surface area contributed by atoms with Gasteiger partial charge in [-0.2, -0.15) is 10.2 Å². The van der Waals surface area contributed by atoms with Gasteiger partial charge in [-0.15, -0.1) is 0 Å². The highest BCUT2D eigenvalue weighted by atomic mass is 16.1. The van der Waals surface area contributed by atoms with Gasteiger partial charge in [-0.3, -0.25) is 5.10 Å². The molecule has 7 heteroatoms. The van der Waals surface area contributed by atoms with Crippen LogP contribution in [-0.4, -0.2) is 25.0 Å². The van der Waals surface area contributed by atoms with Crippen molar-refractivity contribution in [2.24, 2.45) is 5.73 Å². The lowest BCUT2D eigenvalue weighted by Crippen LogP contribution is -2.16. The monoisotopic (exact) mass is 180 g/mol. The number of rotatable bonds is 2. The second kappa shape index (κ2) is 2.87. The van der Waals surface area contributed by atoms with E-state index in [4.69, 9.17) is 5.73 Å². The van der Waals surface area contributed by atoms with E-state index in [0.717, 1.165) is 5.56 Å². The molecule has 0 aliphatic rings. The Balaban J connectivity index is 2.58. The average Bonchev–Trinajstić information content (AvgIpc) is 2.71. The molecule has 0 spiro atoms. The van der Waals surface area contributed by atoms with Gasteiger partial charge in [0.15, 0.2) is 0 Å². The van der Waals surface area contributed by atoms with Crippen LogP contribution < -0.4 is 11.4 Å². The molecular weight excluding hydrogens is 172 g/mol. The SMILES string of the molecule is NCc1cn[nH]c1-n1cn[nH]c1=O. The van der Waals surface area contributed by atoms with Crippen LogP contribution in [0.3, 0.4) is 0 Å². The topological polar surface area (TPSA) is 105 Å². The summed E-state index contributed by atoms with van der Waals surface area (Å²) < 4.78 is 1.31. The zero-order chi connectivity index (χ0) is 9.26. The summed E-state index contributed by atoms with van der Waals surface area (Å²) in [4.78, 5) is 11.1. The predicted molar refractivity (Wildman–Crippen MR) is 44.2 cm³/mol. The molecule has 0 amide bonds. The highest BCUT2D eigenvalue weighted by molar-refractivity contribution is 5.30. The highest BCUT2D eigenvalue weighted by Gasteiger charge is 2.07. The average molecular weight is 180 g/mol. The number of hydrogen-bond donors (Lipinski definition) is 3. The second-order valence-corrected chi connectivity index (χ2v) is 2.48. The van der Waals surface area contributed by atoms with E-state index >= 15 is 0 Å². The molecule has 2 aromatic rings. The van der Waals surface area contributed by atoms with E-state index in [0.29, 0.717) is 12.4 Å². The van der Waals surface area contributed by atoms with Crippen molar-refractivity contribution in [3.05, 3.63) is 28.6 Å². The Labute approximate surface area is 72.6 Å². The molecule has 2 aromatic heterocycles. The molecule has 0 aliphatic heterocycles. The first kappa shape index (κ1) is 7.74. The minimum absolute atomic E-state index is 0.320. The van der Waals surface area contributed by atoms with Gasteiger partial charge in [0.1, 0.15) is 12.1 Å². The van der Waals surface area contributed by atoms with Gasteiger partial charge >= 0.3 is 5.69 Å². The van der Waals surface area contributed by atoms with Gasteiger partial charge in [0.05, 0.1) is 6.20 Å². The Morgan fingerprint density at radius 1 is 1.46 bits per heavy atom. The van der Waals surface area contributed by atoms with Gasteiger partial charge in [0.25, 0.3) is 0 Å². The molecule has 2 rings (SSSR count). The Hall–Kier alpha value is -1.89. The molecule has 0 bridgehead atoms. The van der Waals surface area contributed by atoms with E-state index in [1.807, 2.05) is 0 Å². The minimum atomic E-state index is -0.320. The fraction of sp³-hybridized carbons (Fsp3) is 0.167. The summed E-state index contributed by atoms with van der Waals surface area (Å²) in [6.45, 7) is 0.323. The Morgan fingerprint density at radius 2 is 2.31 bits per heavy atom. The molecule has 0 aromatic carbocycles. The third-order valence-electron chi connectivity index (χ3n) is 1.71. The van der Waals surface area contributed by atoms with Crippen LogP contribution in [0.5, 0.6) is 0 Å². The Bertz CT molecular complexity index is 451. The summed E-state index contributed by atoms with van der Waals surface area (Å²) in [6.07, 6.45) is 2.95. The molecule has 0 fully saturated rings. The number of nitrogens with two attached hydrogens (primary N) is 1. The summed E-state index contributed by atoms with van der Waals surface area (Å²) in [5.41, 5.74) is 5.89. The fourth-order valence-corrected chi connectivity index (χ4v) is 1.07. The van der Waals surface area contributed by atoms with Crippen LogP contribution >= 0.6 is 0 Å². The van der Waals surface area contributed by atoms with E-state index in [1.54, 1.807) is 6.20 Å². The third-order valence-corrected chi connectivity index (χ3v) is 1.71. The molecule has 0 saturated carbocycles.